The van der Waals surface area contributed by atoms with Gasteiger partial charge in [0.05, 0.1) is 11.3 Å². The van der Waals surface area contributed by atoms with Gasteiger partial charge in [-0.05, 0) is 44.5 Å². The van der Waals surface area contributed by atoms with Gasteiger partial charge in [0, 0.05) is 19.6 Å². The van der Waals surface area contributed by atoms with Gasteiger partial charge in [0.1, 0.15) is 5.82 Å². The molecule has 0 aliphatic carbocycles. The molecule has 1 aliphatic heterocycles. The number of halogens is 1. The number of aliphatic hydroxyl groups is 1. The molecule has 0 radical (unpaired) electrons. The van der Waals surface area contributed by atoms with Crippen LogP contribution < -0.4 is 10.2 Å². The van der Waals surface area contributed by atoms with Crippen molar-refractivity contribution < 1.29 is 9.50 Å². The quantitative estimate of drug-likeness (QED) is 0.862. The Hall–Kier alpha value is -1.13. The summed E-state index contributed by atoms with van der Waals surface area (Å²) in [6, 6.07) is 5.36. The van der Waals surface area contributed by atoms with Gasteiger partial charge < -0.3 is 15.3 Å². The molecule has 1 saturated heterocycles. The van der Waals surface area contributed by atoms with Crippen LogP contribution in [0.1, 0.15) is 25.3 Å². The third-order valence-corrected chi connectivity index (χ3v) is 3.57. The summed E-state index contributed by atoms with van der Waals surface area (Å²) in [4.78, 5) is 2.01. The fraction of sp³-hybridized carbons (Fsp3) is 0.571. The molecule has 0 bridgehead atoms. The van der Waals surface area contributed by atoms with Gasteiger partial charge in [-0.25, -0.2) is 4.39 Å². The van der Waals surface area contributed by atoms with Crippen molar-refractivity contribution in [3.63, 3.8) is 0 Å². The van der Waals surface area contributed by atoms with Gasteiger partial charge >= 0.3 is 0 Å². The highest BCUT2D eigenvalue weighted by atomic mass is 19.1. The first-order chi connectivity index (χ1) is 8.52. The average Bonchev–Trinajstić information content (AvgIpc) is 2.31. The second-order valence-electron chi connectivity index (χ2n) is 5.30. The van der Waals surface area contributed by atoms with E-state index in [0.717, 1.165) is 5.56 Å². The number of anilines is 1. The molecule has 1 aromatic carbocycles. The molecule has 0 aromatic heterocycles. The highest BCUT2D eigenvalue weighted by molar-refractivity contribution is 5.49. The molecule has 1 heterocycles. The SMILES string of the molecule is CNCc1ccc(N2CCC(C)(O)CC2)c(F)c1. The number of benzene rings is 1. The van der Waals surface area contributed by atoms with E-state index >= 15 is 0 Å². The van der Waals surface area contributed by atoms with E-state index in [1.165, 1.54) is 0 Å². The third-order valence-electron chi connectivity index (χ3n) is 3.57. The summed E-state index contributed by atoms with van der Waals surface area (Å²) in [6.45, 7) is 3.92. The van der Waals surface area contributed by atoms with Gasteiger partial charge in [-0.3, -0.25) is 0 Å². The summed E-state index contributed by atoms with van der Waals surface area (Å²) in [5, 5.41) is 12.9. The molecule has 0 amide bonds. The van der Waals surface area contributed by atoms with Gasteiger partial charge in [0.2, 0.25) is 0 Å². The zero-order valence-corrected chi connectivity index (χ0v) is 11.0. The van der Waals surface area contributed by atoms with E-state index in [1.54, 1.807) is 6.07 Å². The molecule has 2 rings (SSSR count). The minimum absolute atomic E-state index is 0.177. The summed E-state index contributed by atoms with van der Waals surface area (Å²) in [5.74, 6) is -0.177. The molecular formula is C14H21FN2O. The minimum atomic E-state index is -0.598. The van der Waals surface area contributed by atoms with E-state index in [-0.39, 0.29) is 5.82 Å². The second-order valence-corrected chi connectivity index (χ2v) is 5.30. The number of nitrogens with zero attached hydrogens (tertiary/aromatic N) is 1. The van der Waals surface area contributed by atoms with Crippen molar-refractivity contribution in [1.82, 2.24) is 5.32 Å². The van der Waals surface area contributed by atoms with E-state index in [2.05, 4.69) is 5.32 Å². The standard InChI is InChI=1S/C14H21FN2O/c1-14(18)5-7-17(8-6-14)13-4-3-11(10-16-2)9-12(13)15/h3-4,9,16,18H,5-8,10H2,1-2H3. The van der Waals surface area contributed by atoms with E-state index in [1.807, 2.05) is 31.0 Å². The molecule has 1 fully saturated rings. The predicted molar refractivity (Wildman–Crippen MR) is 71.2 cm³/mol. The van der Waals surface area contributed by atoms with E-state index in [4.69, 9.17) is 0 Å². The lowest BCUT2D eigenvalue weighted by Gasteiger charge is -2.37. The van der Waals surface area contributed by atoms with Crippen LogP contribution in [0.15, 0.2) is 18.2 Å². The maximum Gasteiger partial charge on any atom is 0.146 e. The smallest absolute Gasteiger partial charge is 0.146 e. The van der Waals surface area contributed by atoms with Gasteiger partial charge in [-0.1, -0.05) is 6.07 Å². The summed E-state index contributed by atoms with van der Waals surface area (Å²) >= 11 is 0. The predicted octanol–water partition coefficient (Wildman–Crippen LogP) is 1.90. The molecule has 1 aromatic rings. The zero-order valence-electron chi connectivity index (χ0n) is 11.0. The molecule has 4 heteroatoms. The summed E-state index contributed by atoms with van der Waals surface area (Å²) < 4.78 is 14.0. The number of rotatable bonds is 3. The van der Waals surface area contributed by atoms with Crippen molar-refractivity contribution in [2.75, 3.05) is 25.0 Å². The van der Waals surface area contributed by atoms with Gasteiger partial charge in [0.25, 0.3) is 0 Å². The van der Waals surface area contributed by atoms with Gasteiger partial charge in [0.15, 0.2) is 0 Å². The lowest BCUT2D eigenvalue weighted by Crippen LogP contribution is -2.42. The van der Waals surface area contributed by atoms with Crippen molar-refractivity contribution >= 4 is 5.69 Å². The lowest BCUT2D eigenvalue weighted by atomic mass is 9.93. The summed E-state index contributed by atoms with van der Waals surface area (Å²) in [7, 11) is 1.85. The largest absolute Gasteiger partial charge is 0.390 e. The second kappa shape index (κ2) is 5.24. The molecule has 0 spiro atoms. The molecule has 0 atom stereocenters. The fourth-order valence-electron chi connectivity index (χ4n) is 2.35. The molecule has 100 valence electrons. The molecule has 3 nitrogen and oxygen atoms in total. The number of hydrogen-bond acceptors (Lipinski definition) is 3. The summed E-state index contributed by atoms with van der Waals surface area (Å²) in [5.41, 5.74) is 0.993. The highest BCUT2D eigenvalue weighted by Gasteiger charge is 2.28. The minimum Gasteiger partial charge on any atom is -0.390 e. The first-order valence-electron chi connectivity index (χ1n) is 6.42. The average molecular weight is 252 g/mol. The number of hydrogen-bond donors (Lipinski definition) is 2. The number of piperidine rings is 1. The van der Waals surface area contributed by atoms with Crippen molar-refractivity contribution in [2.45, 2.75) is 31.9 Å². The highest BCUT2D eigenvalue weighted by Crippen LogP contribution is 2.28. The van der Waals surface area contributed by atoms with Crippen LogP contribution in [-0.4, -0.2) is 30.8 Å². The van der Waals surface area contributed by atoms with Crippen molar-refractivity contribution in [3.8, 4) is 0 Å². The Bertz CT molecular complexity index is 410. The van der Waals surface area contributed by atoms with Crippen LogP contribution in [0.25, 0.3) is 0 Å². The zero-order chi connectivity index (χ0) is 13.2. The Morgan fingerprint density at radius 2 is 2.06 bits per heavy atom. The maximum atomic E-state index is 14.0. The van der Waals surface area contributed by atoms with Crippen LogP contribution in [0.3, 0.4) is 0 Å². The van der Waals surface area contributed by atoms with Crippen molar-refractivity contribution in [3.05, 3.63) is 29.6 Å². The molecule has 0 saturated carbocycles. The Kier molecular flexibility index (Phi) is 3.88. The van der Waals surface area contributed by atoms with Crippen LogP contribution in [-0.2, 0) is 6.54 Å². The lowest BCUT2D eigenvalue weighted by molar-refractivity contribution is 0.0350. The molecule has 1 aliphatic rings. The van der Waals surface area contributed by atoms with Crippen molar-refractivity contribution in [1.29, 1.82) is 0 Å². The van der Waals surface area contributed by atoms with Gasteiger partial charge in [-0.2, -0.15) is 0 Å². The summed E-state index contributed by atoms with van der Waals surface area (Å²) in [6.07, 6.45) is 1.37. The van der Waals surface area contributed by atoms with Crippen LogP contribution >= 0.6 is 0 Å². The molecule has 18 heavy (non-hydrogen) atoms. The van der Waals surface area contributed by atoms with Gasteiger partial charge in [-0.15, -0.1) is 0 Å². The Balaban J connectivity index is 2.10. The Morgan fingerprint density at radius 3 is 2.61 bits per heavy atom. The molecular weight excluding hydrogens is 231 g/mol. The van der Waals surface area contributed by atoms with Crippen molar-refractivity contribution in [2.24, 2.45) is 0 Å². The molecule has 2 N–H and O–H groups in total. The van der Waals surface area contributed by atoms with E-state index < -0.39 is 5.60 Å². The first kappa shape index (κ1) is 13.3. The topological polar surface area (TPSA) is 35.5 Å². The first-order valence-corrected chi connectivity index (χ1v) is 6.42. The van der Waals surface area contributed by atoms with Crippen LogP contribution in [0.2, 0.25) is 0 Å². The normalized spacial score (nSPS) is 19.0. The maximum absolute atomic E-state index is 14.0. The Morgan fingerprint density at radius 1 is 1.39 bits per heavy atom. The van der Waals surface area contributed by atoms with E-state index in [0.29, 0.717) is 38.2 Å². The van der Waals surface area contributed by atoms with Crippen LogP contribution in [0.5, 0.6) is 0 Å². The third kappa shape index (κ3) is 3.00. The number of nitrogens with one attached hydrogen (secondary N) is 1. The fourth-order valence-corrected chi connectivity index (χ4v) is 2.35. The molecule has 0 unspecified atom stereocenters. The Labute approximate surface area is 108 Å². The van der Waals surface area contributed by atoms with E-state index in [9.17, 15) is 9.50 Å². The van der Waals surface area contributed by atoms with Crippen LogP contribution in [0.4, 0.5) is 10.1 Å². The van der Waals surface area contributed by atoms with Crippen LogP contribution in [0, 0.1) is 5.82 Å². The monoisotopic (exact) mass is 252 g/mol.